The molecule has 6 heteroatoms. The van der Waals surface area contributed by atoms with Crippen LogP contribution in [-0.4, -0.2) is 63.1 Å². The summed E-state index contributed by atoms with van der Waals surface area (Å²) < 4.78 is 32.7. The Morgan fingerprint density at radius 3 is 2.50 bits per heavy atom. The van der Waals surface area contributed by atoms with E-state index in [9.17, 15) is 8.42 Å². The lowest BCUT2D eigenvalue weighted by atomic mass is 9.87. The summed E-state index contributed by atoms with van der Waals surface area (Å²) >= 11 is 0. The van der Waals surface area contributed by atoms with Crippen LogP contribution in [-0.2, 0) is 20.5 Å². The maximum atomic E-state index is 12.8. The van der Waals surface area contributed by atoms with Gasteiger partial charge in [0.2, 0.25) is 10.0 Å². The number of nitrogens with zero attached hydrogens (tertiary/aromatic N) is 2. The largest absolute Gasteiger partial charge is 0.381 e. The Balaban J connectivity index is 1.76. The second-order valence-electron chi connectivity index (χ2n) is 6.33. The highest BCUT2D eigenvalue weighted by molar-refractivity contribution is 7.88. The minimum Gasteiger partial charge on any atom is -0.381 e. The first-order chi connectivity index (χ1) is 10.5. The van der Waals surface area contributed by atoms with Crippen LogP contribution in [0.4, 0.5) is 0 Å². The molecule has 0 aromatic heterocycles. The molecule has 2 heterocycles. The van der Waals surface area contributed by atoms with Crippen molar-refractivity contribution < 1.29 is 13.2 Å². The first-order valence-corrected chi connectivity index (χ1v) is 9.44. The fourth-order valence-corrected chi connectivity index (χ4v) is 5.02. The zero-order valence-corrected chi connectivity index (χ0v) is 13.9. The molecule has 0 saturated carbocycles. The Morgan fingerprint density at radius 2 is 1.82 bits per heavy atom. The van der Waals surface area contributed by atoms with Crippen molar-refractivity contribution in [3.63, 3.8) is 0 Å². The molecule has 0 radical (unpaired) electrons. The van der Waals surface area contributed by atoms with E-state index >= 15 is 0 Å². The number of ether oxygens (including phenoxy) is 1. The van der Waals surface area contributed by atoms with Crippen molar-refractivity contribution in [2.75, 3.05) is 39.9 Å². The molecule has 122 valence electrons. The van der Waals surface area contributed by atoms with Crippen LogP contribution in [0.15, 0.2) is 30.3 Å². The van der Waals surface area contributed by atoms with E-state index in [0.717, 1.165) is 38.2 Å². The molecule has 0 unspecified atom stereocenters. The third-order valence-corrected chi connectivity index (χ3v) is 6.77. The van der Waals surface area contributed by atoms with E-state index in [4.69, 9.17) is 4.74 Å². The Labute approximate surface area is 132 Å². The van der Waals surface area contributed by atoms with Crippen LogP contribution in [0.25, 0.3) is 0 Å². The average Bonchev–Trinajstić information content (AvgIpc) is 2.51. The van der Waals surface area contributed by atoms with E-state index in [0.29, 0.717) is 13.1 Å². The second kappa shape index (κ2) is 6.28. The third kappa shape index (κ3) is 3.20. The molecule has 0 atom stereocenters. The minimum atomic E-state index is -3.27. The summed E-state index contributed by atoms with van der Waals surface area (Å²) in [7, 11) is -1.17. The van der Waals surface area contributed by atoms with Gasteiger partial charge in [-0.15, -0.1) is 0 Å². The van der Waals surface area contributed by atoms with Gasteiger partial charge in [-0.25, -0.2) is 8.42 Å². The van der Waals surface area contributed by atoms with Crippen LogP contribution in [0.5, 0.6) is 0 Å². The highest BCUT2D eigenvalue weighted by atomic mass is 32.2. The Hall–Kier alpha value is -0.950. The van der Waals surface area contributed by atoms with Gasteiger partial charge in [0, 0.05) is 38.4 Å². The number of benzene rings is 1. The van der Waals surface area contributed by atoms with Crippen molar-refractivity contribution in [3.05, 3.63) is 35.9 Å². The predicted octanol–water partition coefficient (Wildman–Crippen LogP) is 1.31. The normalized spacial score (nSPS) is 23.7. The van der Waals surface area contributed by atoms with Crippen LogP contribution >= 0.6 is 0 Å². The molecule has 1 aromatic rings. The molecular formula is C16H24N2O3S. The van der Waals surface area contributed by atoms with E-state index in [2.05, 4.69) is 11.9 Å². The van der Waals surface area contributed by atoms with Crippen LogP contribution < -0.4 is 0 Å². The predicted molar refractivity (Wildman–Crippen MR) is 86.1 cm³/mol. The Morgan fingerprint density at radius 1 is 1.14 bits per heavy atom. The van der Waals surface area contributed by atoms with Crippen LogP contribution in [0.3, 0.4) is 0 Å². The Kier molecular flexibility index (Phi) is 4.54. The number of likely N-dealkylation sites (N-methyl/N-ethyl adjacent to an activating group) is 1. The molecule has 5 nitrogen and oxygen atoms in total. The van der Waals surface area contributed by atoms with Gasteiger partial charge >= 0.3 is 0 Å². The van der Waals surface area contributed by atoms with Crippen LogP contribution in [0.2, 0.25) is 0 Å². The molecule has 2 saturated heterocycles. The van der Waals surface area contributed by atoms with Crippen LogP contribution in [0, 0.1) is 0 Å². The maximum Gasteiger partial charge on any atom is 0.218 e. The molecule has 3 rings (SSSR count). The molecule has 2 fully saturated rings. The summed E-state index contributed by atoms with van der Waals surface area (Å²) in [6, 6.07) is 9.42. The molecule has 0 aliphatic carbocycles. The van der Waals surface area contributed by atoms with Gasteiger partial charge in [-0.1, -0.05) is 30.3 Å². The van der Waals surface area contributed by atoms with Gasteiger partial charge in [-0.3, -0.25) is 4.90 Å². The highest BCUT2D eigenvalue weighted by Crippen LogP contribution is 2.32. The van der Waals surface area contributed by atoms with Crippen molar-refractivity contribution in [1.29, 1.82) is 0 Å². The summed E-state index contributed by atoms with van der Waals surface area (Å²) in [4.78, 5) is 2.32. The van der Waals surface area contributed by atoms with Gasteiger partial charge in [0.25, 0.3) is 0 Å². The fourth-order valence-electron chi connectivity index (χ4n) is 3.43. The van der Waals surface area contributed by atoms with Gasteiger partial charge in [0.15, 0.2) is 0 Å². The molecule has 2 aliphatic rings. The Bertz CT molecular complexity index is 597. The minimum absolute atomic E-state index is 0.0553. The highest BCUT2D eigenvalue weighted by Gasteiger charge is 2.43. The first kappa shape index (κ1) is 15.9. The lowest BCUT2D eigenvalue weighted by Gasteiger charge is -2.50. The summed E-state index contributed by atoms with van der Waals surface area (Å²) in [5.74, 6) is 0.0874. The topological polar surface area (TPSA) is 49.9 Å². The second-order valence-corrected chi connectivity index (χ2v) is 8.30. The van der Waals surface area contributed by atoms with Crippen molar-refractivity contribution >= 4 is 10.0 Å². The summed E-state index contributed by atoms with van der Waals surface area (Å²) in [6.45, 7) is 3.39. The third-order valence-electron chi connectivity index (χ3n) is 4.97. The molecule has 1 aromatic carbocycles. The monoisotopic (exact) mass is 324 g/mol. The van der Waals surface area contributed by atoms with Gasteiger partial charge < -0.3 is 4.74 Å². The number of sulfonamides is 1. The van der Waals surface area contributed by atoms with Crippen molar-refractivity contribution in [2.45, 2.75) is 24.1 Å². The zero-order valence-electron chi connectivity index (χ0n) is 13.1. The maximum absolute atomic E-state index is 12.8. The zero-order chi connectivity index (χ0) is 15.6. The number of rotatable bonds is 3. The molecule has 1 spiro atoms. The first-order valence-electron chi connectivity index (χ1n) is 7.83. The van der Waals surface area contributed by atoms with Crippen LogP contribution in [0.1, 0.15) is 18.4 Å². The molecule has 0 amide bonds. The number of piperazine rings is 1. The fraction of sp³-hybridized carbons (Fsp3) is 0.625. The SMILES string of the molecule is CN1CCN(S(=O)(=O)Cc2ccccc2)CC12CCOCC2. The van der Waals surface area contributed by atoms with Gasteiger partial charge in [-0.2, -0.15) is 4.31 Å². The quantitative estimate of drug-likeness (QED) is 0.841. The molecular weight excluding hydrogens is 300 g/mol. The summed E-state index contributed by atoms with van der Waals surface area (Å²) in [6.07, 6.45) is 1.81. The number of hydrogen-bond donors (Lipinski definition) is 0. The van der Waals surface area contributed by atoms with E-state index in [1.54, 1.807) is 4.31 Å². The molecule has 0 N–H and O–H groups in total. The lowest BCUT2D eigenvalue weighted by Crippen LogP contribution is -2.63. The number of hydrogen-bond acceptors (Lipinski definition) is 4. The van der Waals surface area contributed by atoms with E-state index in [-0.39, 0.29) is 11.3 Å². The van der Waals surface area contributed by atoms with Gasteiger partial charge in [0.05, 0.1) is 5.75 Å². The van der Waals surface area contributed by atoms with E-state index in [1.807, 2.05) is 30.3 Å². The smallest absolute Gasteiger partial charge is 0.218 e. The van der Waals surface area contributed by atoms with Gasteiger partial charge in [-0.05, 0) is 25.5 Å². The van der Waals surface area contributed by atoms with E-state index in [1.165, 1.54) is 0 Å². The van der Waals surface area contributed by atoms with Crippen molar-refractivity contribution in [1.82, 2.24) is 9.21 Å². The van der Waals surface area contributed by atoms with E-state index < -0.39 is 10.0 Å². The summed E-state index contributed by atoms with van der Waals surface area (Å²) in [5.41, 5.74) is 0.794. The average molecular weight is 324 g/mol. The lowest BCUT2D eigenvalue weighted by molar-refractivity contribution is -0.0445. The molecule has 2 aliphatic heterocycles. The summed E-state index contributed by atoms with van der Waals surface area (Å²) in [5, 5.41) is 0. The van der Waals surface area contributed by atoms with Gasteiger partial charge in [0.1, 0.15) is 0 Å². The van der Waals surface area contributed by atoms with Crippen molar-refractivity contribution in [2.24, 2.45) is 0 Å². The molecule has 22 heavy (non-hydrogen) atoms. The molecule has 0 bridgehead atoms. The standard InChI is InChI=1S/C16H24N2O3S/c1-17-9-10-18(14-16(17)7-11-21-12-8-16)22(19,20)13-15-5-3-2-4-6-15/h2-6H,7-14H2,1H3. The van der Waals surface area contributed by atoms with Crippen molar-refractivity contribution in [3.8, 4) is 0 Å².